The van der Waals surface area contributed by atoms with E-state index in [4.69, 9.17) is 12.2 Å². The molecule has 3 amide bonds. The molecule has 8 heteroatoms. The lowest BCUT2D eigenvalue weighted by Gasteiger charge is -2.11. The van der Waals surface area contributed by atoms with Gasteiger partial charge in [0.1, 0.15) is 0 Å². The van der Waals surface area contributed by atoms with E-state index < -0.39 is 11.8 Å². The van der Waals surface area contributed by atoms with Crippen molar-refractivity contribution in [1.29, 1.82) is 0 Å². The van der Waals surface area contributed by atoms with Crippen molar-refractivity contribution in [3.63, 3.8) is 0 Å². The third kappa shape index (κ3) is 7.25. The zero-order valence-corrected chi connectivity index (χ0v) is 19.8. The van der Waals surface area contributed by atoms with E-state index in [0.29, 0.717) is 0 Å². The minimum absolute atomic E-state index is 0.00772. The van der Waals surface area contributed by atoms with Crippen molar-refractivity contribution in [3.05, 3.63) is 83.4 Å². The van der Waals surface area contributed by atoms with Crippen LogP contribution in [0.4, 0.5) is 5.69 Å². The minimum Gasteiger partial charge on any atom is -0.326 e. The largest absolute Gasteiger partial charge is 0.326 e. The highest BCUT2D eigenvalue weighted by Gasteiger charge is 2.09. The van der Waals surface area contributed by atoms with Crippen molar-refractivity contribution in [2.75, 3.05) is 5.32 Å². The van der Waals surface area contributed by atoms with Crippen molar-refractivity contribution in [3.8, 4) is 0 Å². The lowest BCUT2D eigenvalue weighted by atomic mass is 10.0. The molecule has 3 aromatic carbocycles. The van der Waals surface area contributed by atoms with Crippen molar-refractivity contribution < 1.29 is 14.4 Å². The summed E-state index contributed by atoms with van der Waals surface area (Å²) in [4.78, 5) is 36.3. The number of anilines is 1. The van der Waals surface area contributed by atoms with Gasteiger partial charge in [0, 0.05) is 24.6 Å². The normalized spacial score (nSPS) is 10.6. The lowest BCUT2D eigenvalue weighted by molar-refractivity contribution is -0.124. The van der Waals surface area contributed by atoms with Gasteiger partial charge in [0.05, 0.1) is 0 Å². The van der Waals surface area contributed by atoms with Gasteiger partial charge in [-0.25, -0.2) is 0 Å². The number of carbonyl (C=O) groups is 3. The summed E-state index contributed by atoms with van der Waals surface area (Å²) in [6.07, 6.45) is 3.04. The second-order valence-electron chi connectivity index (χ2n) is 7.76. The van der Waals surface area contributed by atoms with Gasteiger partial charge in [0.2, 0.25) is 17.7 Å². The van der Waals surface area contributed by atoms with Gasteiger partial charge in [-0.3, -0.25) is 30.6 Å². The Morgan fingerprint density at radius 1 is 0.882 bits per heavy atom. The highest BCUT2D eigenvalue weighted by atomic mass is 32.1. The quantitative estimate of drug-likeness (QED) is 0.247. The summed E-state index contributed by atoms with van der Waals surface area (Å²) in [6.45, 7) is 3.84. The molecule has 0 atom stereocenters. The first-order chi connectivity index (χ1) is 16.3. The third-order valence-corrected chi connectivity index (χ3v) is 5.24. The number of hydrogen-bond acceptors (Lipinski definition) is 4. The number of hydrogen-bond donors (Lipinski definition) is 4. The molecule has 0 spiro atoms. The molecule has 0 aliphatic rings. The number of hydrazine groups is 1. The Morgan fingerprint density at radius 2 is 1.62 bits per heavy atom. The predicted octanol–water partition coefficient (Wildman–Crippen LogP) is 3.91. The molecule has 0 radical (unpaired) electrons. The predicted molar refractivity (Wildman–Crippen MR) is 139 cm³/mol. The summed E-state index contributed by atoms with van der Waals surface area (Å²) in [6, 6.07) is 19.5. The number of carbonyl (C=O) groups excluding carboxylic acids is 3. The van der Waals surface area contributed by atoms with E-state index in [0.717, 1.165) is 33.2 Å². The molecule has 0 aliphatic heterocycles. The second kappa shape index (κ2) is 11.7. The van der Waals surface area contributed by atoms with Crippen molar-refractivity contribution >= 4 is 57.6 Å². The molecular formula is C26H26N4O3S. The number of fused-ring (bicyclic) bond motifs is 1. The molecule has 0 aliphatic carbocycles. The van der Waals surface area contributed by atoms with Crippen LogP contribution < -0.4 is 21.5 Å². The Hall–Kier alpha value is -4.04. The van der Waals surface area contributed by atoms with E-state index in [2.05, 4.69) is 21.5 Å². The maximum Gasteiger partial charge on any atom is 0.250 e. The van der Waals surface area contributed by atoms with Gasteiger partial charge in [-0.05, 0) is 65.7 Å². The number of amides is 3. The second-order valence-corrected chi connectivity index (χ2v) is 8.17. The van der Waals surface area contributed by atoms with Crippen LogP contribution in [0.15, 0.2) is 66.7 Å². The average molecular weight is 475 g/mol. The molecular weight excluding hydrogens is 448 g/mol. The molecule has 0 saturated heterocycles. The molecule has 3 rings (SSSR count). The minimum atomic E-state index is -0.437. The van der Waals surface area contributed by atoms with Crippen molar-refractivity contribution in [2.24, 2.45) is 0 Å². The molecule has 0 aromatic heterocycles. The number of nitrogens with one attached hydrogen (secondary N) is 4. The van der Waals surface area contributed by atoms with E-state index in [-0.39, 0.29) is 23.9 Å². The van der Waals surface area contributed by atoms with E-state index >= 15 is 0 Å². The molecule has 0 unspecified atom stereocenters. The summed E-state index contributed by atoms with van der Waals surface area (Å²) in [5.41, 5.74) is 8.45. The summed E-state index contributed by atoms with van der Waals surface area (Å²) >= 11 is 5.03. The van der Waals surface area contributed by atoms with Gasteiger partial charge in [0.15, 0.2) is 5.11 Å². The van der Waals surface area contributed by atoms with Gasteiger partial charge >= 0.3 is 0 Å². The molecule has 3 aromatic rings. The molecule has 4 N–H and O–H groups in total. The number of thiocarbonyl (C=S) groups is 1. The van der Waals surface area contributed by atoms with E-state index in [1.54, 1.807) is 6.08 Å². The maximum atomic E-state index is 12.2. The number of rotatable bonds is 6. The van der Waals surface area contributed by atoms with Crippen LogP contribution in [0.25, 0.3) is 16.8 Å². The first-order valence-corrected chi connectivity index (χ1v) is 11.2. The monoisotopic (exact) mass is 474 g/mol. The molecule has 174 valence electrons. The third-order valence-electron chi connectivity index (χ3n) is 5.04. The fourth-order valence-electron chi connectivity index (χ4n) is 3.25. The Balaban J connectivity index is 1.40. The Bertz CT molecular complexity index is 1260. The summed E-state index contributed by atoms with van der Waals surface area (Å²) in [5.74, 6) is -1.13. The SMILES string of the molecule is Cc1ccc(C)c(NC(=O)CCC(=O)NNC(=S)NC(=O)C=Cc2cccc3ccccc23)c1. The Kier molecular flexibility index (Phi) is 8.48. The molecule has 7 nitrogen and oxygen atoms in total. The van der Waals surface area contributed by atoms with Gasteiger partial charge in [0.25, 0.3) is 0 Å². The first-order valence-electron chi connectivity index (χ1n) is 10.7. The maximum absolute atomic E-state index is 12.2. The zero-order valence-electron chi connectivity index (χ0n) is 19.0. The van der Waals surface area contributed by atoms with E-state index in [1.165, 1.54) is 6.08 Å². The van der Waals surface area contributed by atoms with Gasteiger partial charge < -0.3 is 5.32 Å². The number of benzene rings is 3. The Morgan fingerprint density at radius 3 is 2.44 bits per heavy atom. The number of aryl methyl sites for hydroxylation is 2. The van der Waals surface area contributed by atoms with E-state index in [1.807, 2.05) is 74.5 Å². The van der Waals surface area contributed by atoms with Crippen LogP contribution in [-0.4, -0.2) is 22.8 Å². The molecule has 0 fully saturated rings. The van der Waals surface area contributed by atoms with Crippen molar-refractivity contribution in [1.82, 2.24) is 16.2 Å². The summed E-state index contributed by atoms with van der Waals surface area (Å²) in [5, 5.41) is 7.32. The highest BCUT2D eigenvalue weighted by Crippen LogP contribution is 2.19. The van der Waals surface area contributed by atoms with Crippen LogP contribution in [-0.2, 0) is 14.4 Å². The van der Waals surface area contributed by atoms with Gasteiger partial charge in [-0.1, -0.05) is 54.6 Å². The lowest BCUT2D eigenvalue weighted by Crippen LogP contribution is -2.48. The van der Waals surface area contributed by atoms with Gasteiger partial charge in [-0.15, -0.1) is 0 Å². The highest BCUT2D eigenvalue weighted by molar-refractivity contribution is 7.80. The van der Waals surface area contributed by atoms with Crippen molar-refractivity contribution in [2.45, 2.75) is 26.7 Å². The zero-order chi connectivity index (χ0) is 24.5. The average Bonchev–Trinajstić information content (AvgIpc) is 2.82. The topological polar surface area (TPSA) is 99.3 Å². The van der Waals surface area contributed by atoms with Crippen LogP contribution in [0.2, 0.25) is 0 Å². The molecule has 0 heterocycles. The smallest absolute Gasteiger partial charge is 0.250 e. The van der Waals surface area contributed by atoms with Crippen LogP contribution >= 0.6 is 12.2 Å². The molecule has 0 bridgehead atoms. The van der Waals surface area contributed by atoms with Gasteiger partial charge in [-0.2, -0.15) is 0 Å². The first kappa shape index (κ1) is 24.6. The summed E-state index contributed by atoms with van der Waals surface area (Å²) in [7, 11) is 0. The standard InChI is InChI=1S/C26H26N4O3S/c1-17-10-11-18(2)22(16-17)27-23(31)14-15-25(33)29-30-26(34)28-24(32)13-12-20-8-5-7-19-6-3-4-9-21(19)20/h3-13,16H,14-15H2,1-2H3,(H,27,31)(H,29,33)(H2,28,30,32,34). The van der Waals surface area contributed by atoms with Crippen LogP contribution in [0, 0.1) is 13.8 Å². The summed E-state index contributed by atoms with van der Waals surface area (Å²) < 4.78 is 0. The van der Waals surface area contributed by atoms with Crippen LogP contribution in [0.5, 0.6) is 0 Å². The Labute approximate surface area is 203 Å². The fourth-order valence-corrected chi connectivity index (χ4v) is 3.40. The van der Waals surface area contributed by atoms with Crippen LogP contribution in [0.3, 0.4) is 0 Å². The molecule has 0 saturated carbocycles. The van der Waals surface area contributed by atoms with Crippen LogP contribution in [0.1, 0.15) is 29.5 Å². The fraction of sp³-hybridized carbons (Fsp3) is 0.154. The molecule has 34 heavy (non-hydrogen) atoms. The van der Waals surface area contributed by atoms with E-state index in [9.17, 15) is 14.4 Å².